The molecule has 0 aromatic carbocycles. The zero-order valence-electron chi connectivity index (χ0n) is 8.38. The van der Waals surface area contributed by atoms with Crippen molar-refractivity contribution in [3.8, 4) is 0 Å². The van der Waals surface area contributed by atoms with Gasteiger partial charge in [0.15, 0.2) is 0 Å². The Bertz CT molecular complexity index is 36.2. The predicted molar refractivity (Wildman–Crippen MR) is 52.9 cm³/mol. The molecular formula is C8H20ClO2Ru-4. The molecule has 0 spiro atoms. The van der Waals surface area contributed by atoms with Gasteiger partial charge in [-0.1, -0.05) is 6.61 Å². The van der Waals surface area contributed by atoms with Gasteiger partial charge in [-0.3, -0.25) is 0 Å². The molecule has 0 amide bonds. The van der Waals surface area contributed by atoms with E-state index in [0.29, 0.717) is 20.0 Å². The molecule has 0 saturated heterocycles. The second-order valence-corrected chi connectivity index (χ2v) is 1.02. The molecule has 0 aromatic heterocycles. The van der Waals surface area contributed by atoms with Crippen LogP contribution in [0.15, 0.2) is 0 Å². The third-order valence-corrected chi connectivity index (χ3v) is 0.515. The van der Waals surface area contributed by atoms with E-state index in [2.05, 4.69) is 16.6 Å². The van der Waals surface area contributed by atoms with Gasteiger partial charge >= 0.3 is 27.0 Å². The summed E-state index contributed by atoms with van der Waals surface area (Å²) in [4.78, 5) is 0. The van der Waals surface area contributed by atoms with Gasteiger partial charge in [0.1, 0.15) is 6.79 Å². The first-order chi connectivity index (χ1) is 4.41. The van der Waals surface area contributed by atoms with E-state index >= 15 is 0 Å². The van der Waals surface area contributed by atoms with Crippen LogP contribution in [0.4, 0.5) is 0 Å². The van der Waals surface area contributed by atoms with Crippen molar-refractivity contribution in [1.29, 1.82) is 0 Å². The molecule has 4 heteroatoms. The van der Waals surface area contributed by atoms with Crippen molar-refractivity contribution < 1.29 is 26.8 Å². The maximum atomic E-state index is 4.81. The van der Waals surface area contributed by atoms with Gasteiger partial charge in [0.2, 0.25) is 0 Å². The summed E-state index contributed by atoms with van der Waals surface area (Å²) in [7, 11) is 4.57. The topological polar surface area (TPSA) is 18.5 Å². The monoisotopic (exact) mass is 285 g/mol. The molecule has 0 N–H and O–H groups in total. The molecule has 0 fully saturated rings. The first-order valence-electron chi connectivity index (χ1n) is 2.50. The second-order valence-electron chi connectivity index (χ2n) is 1.02. The summed E-state index contributed by atoms with van der Waals surface area (Å²) >= 11 is 1.82. The third-order valence-electron chi connectivity index (χ3n) is 0.515. The van der Waals surface area contributed by atoms with Crippen molar-refractivity contribution in [2.45, 2.75) is 6.92 Å². The van der Waals surface area contributed by atoms with Gasteiger partial charge in [-0.05, 0) is 6.92 Å². The Balaban J connectivity index is -0.0000000303. The van der Waals surface area contributed by atoms with E-state index in [1.165, 1.54) is 0 Å². The molecule has 0 saturated carbocycles. The minimum atomic E-state index is 0. The van der Waals surface area contributed by atoms with Crippen LogP contribution in [0.5, 0.6) is 0 Å². The van der Waals surface area contributed by atoms with Crippen molar-refractivity contribution in [2.24, 2.45) is 0 Å². The molecule has 0 aliphatic heterocycles. The van der Waals surface area contributed by atoms with Crippen LogP contribution >= 0.6 is 9.69 Å². The fourth-order valence-corrected chi connectivity index (χ4v) is 0.201. The third kappa shape index (κ3) is 44.8. The van der Waals surface area contributed by atoms with Crippen LogP contribution in [-0.2, 0) is 26.8 Å². The van der Waals surface area contributed by atoms with Crippen LogP contribution in [0.2, 0.25) is 0 Å². The van der Waals surface area contributed by atoms with E-state index in [-0.39, 0.29) is 22.3 Å². The minimum absolute atomic E-state index is 0. The van der Waals surface area contributed by atoms with E-state index in [1.54, 1.807) is 0 Å². The molecule has 0 rings (SSSR count). The van der Waals surface area contributed by atoms with Crippen molar-refractivity contribution in [3.63, 3.8) is 0 Å². The normalized spacial score (nSPS) is 6.00. The number of hydrogen-bond acceptors (Lipinski definition) is 2. The maximum absolute atomic E-state index is 4.81. The summed E-state index contributed by atoms with van der Waals surface area (Å²) in [5, 5.41) is 0. The average molecular weight is 285 g/mol. The molecule has 0 heterocycles. The summed E-state index contributed by atoms with van der Waals surface area (Å²) in [6.45, 7) is 6.95. The van der Waals surface area contributed by atoms with Crippen molar-refractivity contribution in [1.82, 2.24) is 0 Å². The predicted octanol–water partition coefficient (Wildman–Crippen LogP) is 2.87. The van der Waals surface area contributed by atoms with E-state index < -0.39 is 0 Å². The Morgan fingerprint density at radius 2 is 1.58 bits per heavy atom. The van der Waals surface area contributed by atoms with Crippen LogP contribution < -0.4 is 0 Å². The van der Waals surface area contributed by atoms with Crippen LogP contribution in [0.25, 0.3) is 0 Å². The van der Waals surface area contributed by atoms with Crippen LogP contribution in [0.3, 0.4) is 0 Å². The SMILES string of the molecule is [CH2-]COCOCC.[CH3-].[CH3-].[CH3-].[Cl][Ru]. The zero-order chi connectivity index (χ0) is 7.54. The van der Waals surface area contributed by atoms with Gasteiger partial charge in [0, 0.05) is 6.61 Å². The van der Waals surface area contributed by atoms with Gasteiger partial charge in [-0.2, -0.15) is 0 Å². The van der Waals surface area contributed by atoms with E-state index in [0.717, 1.165) is 0 Å². The van der Waals surface area contributed by atoms with Gasteiger partial charge in [-0.15, -0.1) is 0 Å². The Hall–Kier alpha value is 0.833. The molecule has 83 valence electrons. The number of ether oxygens (including phenoxy) is 2. The van der Waals surface area contributed by atoms with Crippen molar-refractivity contribution in [3.05, 3.63) is 29.2 Å². The van der Waals surface area contributed by atoms with E-state index in [1.807, 2.05) is 24.2 Å². The standard InChI is InChI=1S/C5H11O2.3CH3.ClH.Ru/c1-3-6-5-7-4-2;;;;;/h1,3-5H2,2H3;3*1H3;1H;/q4*-1;;+1/p-1. The summed E-state index contributed by atoms with van der Waals surface area (Å²) in [6, 6.07) is 0. The Morgan fingerprint density at radius 3 is 1.83 bits per heavy atom. The van der Waals surface area contributed by atoms with Crippen LogP contribution in [0, 0.1) is 29.2 Å². The average Bonchev–Trinajstić information content (AvgIpc) is 1.94. The van der Waals surface area contributed by atoms with Crippen LogP contribution in [0.1, 0.15) is 6.92 Å². The zero-order valence-corrected chi connectivity index (χ0v) is 10.9. The van der Waals surface area contributed by atoms with Gasteiger partial charge in [0.25, 0.3) is 0 Å². The molecule has 2 nitrogen and oxygen atoms in total. The Labute approximate surface area is 92.7 Å². The van der Waals surface area contributed by atoms with Gasteiger partial charge < -0.3 is 38.7 Å². The molecule has 0 unspecified atom stereocenters. The van der Waals surface area contributed by atoms with Gasteiger partial charge in [-0.25, -0.2) is 0 Å². The van der Waals surface area contributed by atoms with E-state index in [4.69, 9.17) is 9.47 Å². The van der Waals surface area contributed by atoms with E-state index in [9.17, 15) is 0 Å². The first-order valence-corrected chi connectivity index (χ1v) is 4.73. The Morgan fingerprint density at radius 1 is 1.17 bits per heavy atom. The van der Waals surface area contributed by atoms with Gasteiger partial charge in [0.05, 0.1) is 0 Å². The van der Waals surface area contributed by atoms with Crippen molar-refractivity contribution >= 4 is 9.69 Å². The second kappa shape index (κ2) is 40.8. The quantitative estimate of drug-likeness (QED) is 0.342. The van der Waals surface area contributed by atoms with Crippen LogP contribution in [-0.4, -0.2) is 20.0 Å². The molecule has 0 aromatic rings. The Kier molecular flexibility index (Phi) is 99.6. The number of rotatable bonds is 4. The number of halogens is 1. The summed E-state index contributed by atoms with van der Waals surface area (Å²) in [5.74, 6) is 0. The fraction of sp³-hybridized carbons (Fsp3) is 0.500. The molecule has 0 radical (unpaired) electrons. The summed E-state index contributed by atoms with van der Waals surface area (Å²) in [6.07, 6.45) is 0. The molecule has 0 aliphatic rings. The molecule has 12 heavy (non-hydrogen) atoms. The molecule has 0 atom stereocenters. The van der Waals surface area contributed by atoms with Crippen molar-refractivity contribution in [2.75, 3.05) is 20.0 Å². The fourth-order valence-electron chi connectivity index (χ4n) is 0.201. The number of hydrogen-bond donors (Lipinski definition) is 0. The molecule has 0 aliphatic carbocycles. The first kappa shape index (κ1) is 29.3. The summed E-state index contributed by atoms with van der Waals surface area (Å²) < 4.78 is 9.55. The molecule has 0 bridgehead atoms. The molecular weight excluding hydrogens is 265 g/mol. The summed E-state index contributed by atoms with van der Waals surface area (Å²) in [5.41, 5.74) is 0.